The van der Waals surface area contributed by atoms with Crippen LogP contribution in [0.5, 0.6) is 0 Å². The number of nitrogens with zero attached hydrogens (tertiary/aromatic N) is 2. The van der Waals surface area contributed by atoms with Crippen molar-refractivity contribution in [2.45, 2.75) is 29.3 Å². The molecule has 0 saturated carbocycles. The van der Waals surface area contributed by atoms with E-state index in [2.05, 4.69) is 44.8 Å². The van der Waals surface area contributed by atoms with Gasteiger partial charge in [0, 0.05) is 35.2 Å². The van der Waals surface area contributed by atoms with Gasteiger partial charge in [-0.25, -0.2) is 4.98 Å². The van der Waals surface area contributed by atoms with Gasteiger partial charge < -0.3 is 15.5 Å². The smallest absolute Gasteiger partial charge is 0.171 e. The van der Waals surface area contributed by atoms with Gasteiger partial charge in [-0.1, -0.05) is 35.5 Å². The molecule has 1 saturated heterocycles. The predicted octanol–water partition coefficient (Wildman–Crippen LogP) is 5.97. The van der Waals surface area contributed by atoms with E-state index in [0.717, 1.165) is 33.7 Å². The lowest BCUT2D eigenvalue weighted by molar-refractivity contribution is 0.920. The van der Waals surface area contributed by atoms with Crippen molar-refractivity contribution in [1.82, 2.24) is 10.3 Å². The highest BCUT2D eigenvalue weighted by atomic mass is 35.5. The Bertz CT molecular complexity index is 970. The largest absolute Gasteiger partial charge is 0.372 e. The first-order valence-electron chi connectivity index (χ1n) is 9.94. The fourth-order valence-corrected chi connectivity index (χ4v) is 4.37. The van der Waals surface area contributed by atoms with E-state index in [1.165, 1.54) is 24.1 Å². The molecular weight excluding hydrogens is 432 g/mol. The van der Waals surface area contributed by atoms with Gasteiger partial charge in [-0.2, -0.15) is 0 Å². The molecule has 2 heterocycles. The molecule has 1 aliphatic rings. The first kappa shape index (κ1) is 21.0. The maximum absolute atomic E-state index is 5.93. The molecule has 0 radical (unpaired) electrons. The van der Waals surface area contributed by atoms with Crippen LogP contribution in [0.15, 0.2) is 76.8 Å². The molecule has 0 atom stereocenters. The number of pyridine rings is 1. The van der Waals surface area contributed by atoms with Crippen LogP contribution < -0.4 is 15.5 Å². The third-order valence-corrected chi connectivity index (χ3v) is 6.35. The molecule has 1 fully saturated rings. The Morgan fingerprint density at radius 3 is 2.40 bits per heavy atom. The van der Waals surface area contributed by atoms with E-state index in [4.69, 9.17) is 23.8 Å². The van der Waals surface area contributed by atoms with E-state index in [9.17, 15) is 0 Å². The molecule has 7 heteroatoms. The third kappa shape index (κ3) is 5.88. The molecule has 0 bridgehead atoms. The topological polar surface area (TPSA) is 40.2 Å². The molecule has 1 aromatic heterocycles. The van der Waals surface area contributed by atoms with Crippen LogP contribution in [0.25, 0.3) is 0 Å². The summed E-state index contributed by atoms with van der Waals surface area (Å²) < 4.78 is 0. The molecule has 1 aliphatic heterocycles. The first-order chi connectivity index (χ1) is 14.7. The molecular formula is C23H23ClN4S2. The lowest BCUT2D eigenvalue weighted by atomic mass is 10.2. The summed E-state index contributed by atoms with van der Waals surface area (Å²) in [6.45, 7) is 3.01. The molecule has 0 spiro atoms. The van der Waals surface area contributed by atoms with Crippen LogP contribution in [0.4, 0.5) is 11.4 Å². The number of rotatable bonds is 6. The minimum Gasteiger partial charge on any atom is -0.372 e. The van der Waals surface area contributed by atoms with Gasteiger partial charge in [-0.05, 0) is 79.2 Å². The lowest BCUT2D eigenvalue weighted by Crippen LogP contribution is -2.28. The maximum Gasteiger partial charge on any atom is 0.171 e. The molecule has 4 rings (SSSR count). The zero-order valence-corrected chi connectivity index (χ0v) is 18.9. The lowest BCUT2D eigenvalue weighted by Gasteiger charge is -2.18. The summed E-state index contributed by atoms with van der Waals surface area (Å²) >= 11 is 12.9. The highest BCUT2D eigenvalue weighted by molar-refractivity contribution is 7.99. The van der Waals surface area contributed by atoms with Crippen LogP contribution in [-0.2, 0) is 6.54 Å². The summed E-state index contributed by atoms with van der Waals surface area (Å²) in [7, 11) is 0. The minimum absolute atomic E-state index is 0.582. The highest BCUT2D eigenvalue weighted by Crippen LogP contribution is 2.27. The third-order valence-electron chi connectivity index (χ3n) is 4.89. The van der Waals surface area contributed by atoms with E-state index in [1.54, 1.807) is 18.0 Å². The van der Waals surface area contributed by atoms with Crippen LogP contribution in [0, 0.1) is 0 Å². The van der Waals surface area contributed by atoms with Gasteiger partial charge in [0.1, 0.15) is 5.03 Å². The Morgan fingerprint density at radius 2 is 1.73 bits per heavy atom. The fraction of sp³-hybridized carbons (Fsp3) is 0.217. The number of thiocarbonyl (C=S) groups is 1. The predicted molar refractivity (Wildman–Crippen MR) is 131 cm³/mol. The van der Waals surface area contributed by atoms with Crippen LogP contribution in [0.3, 0.4) is 0 Å². The number of aromatic nitrogens is 1. The number of nitrogens with one attached hydrogen (secondary N) is 2. The van der Waals surface area contributed by atoms with E-state index in [0.29, 0.717) is 11.7 Å². The number of hydrogen-bond acceptors (Lipinski definition) is 4. The zero-order chi connectivity index (χ0) is 20.8. The Hall–Kier alpha value is -2.28. The molecule has 0 unspecified atom stereocenters. The standard InChI is InChI=1S/C23H23ClN4S2/c24-18-5-10-21(11-6-18)30-22-12-7-19(16-25-22)27-23(29)26-15-17-3-8-20(9-4-17)28-13-1-2-14-28/h3-12,16H,1-2,13-15H2,(H2,26,27,29). The van der Waals surface area contributed by atoms with E-state index >= 15 is 0 Å². The average Bonchev–Trinajstić information content (AvgIpc) is 3.31. The first-order valence-corrected chi connectivity index (χ1v) is 11.5. The fourth-order valence-electron chi connectivity index (χ4n) is 3.30. The van der Waals surface area contributed by atoms with E-state index < -0.39 is 0 Å². The molecule has 2 aromatic carbocycles. The quantitative estimate of drug-likeness (QED) is 0.447. The van der Waals surface area contributed by atoms with Gasteiger partial charge in [0.15, 0.2) is 5.11 Å². The van der Waals surface area contributed by atoms with Crippen molar-refractivity contribution in [2.24, 2.45) is 0 Å². The second-order valence-corrected chi connectivity index (χ2v) is 9.05. The molecule has 0 amide bonds. The van der Waals surface area contributed by atoms with Gasteiger partial charge in [-0.15, -0.1) is 0 Å². The SMILES string of the molecule is S=C(NCc1ccc(N2CCCC2)cc1)Nc1ccc(Sc2ccc(Cl)cc2)nc1. The normalized spacial score (nSPS) is 13.3. The maximum atomic E-state index is 5.93. The van der Waals surface area contributed by atoms with Crippen LogP contribution in [0.2, 0.25) is 5.02 Å². The van der Waals surface area contributed by atoms with Crippen molar-refractivity contribution in [1.29, 1.82) is 0 Å². The van der Waals surface area contributed by atoms with Gasteiger partial charge >= 0.3 is 0 Å². The molecule has 2 N–H and O–H groups in total. The monoisotopic (exact) mass is 454 g/mol. The number of anilines is 2. The minimum atomic E-state index is 0.582. The molecule has 0 aliphatic carbocycles. The number of benzene rings is 2. The summed E-state index contributed by atoms with van der Waals surface area (Å²) in [6.07, 6.45) is 4.37. The van der Waals surface area contributed by atoms with Crippen LogP contribution in [0.1, 0.15) is 18.4 Å². The Labute approximate surface area is 192 Å². The van der Waals surface area contributed by atoms with Crippen LogP contribution in [-0.4, -0.2) is 23.2 Å². The molecule has 3 aromatic rings. The van der Waals surface area contributed by atoms with Crippen molar-refractivity contribution >= 4 is 52.1 Å². The van der Waals surface area contributed by atoms with Crippen molar-refractivity contribution < 1.29 is 0 Å². The summed E-state index contributed by atoms with van der Waals surface area (Å²) in [5, 5.41) is 8.68. The van der Waals surface area contributed by atoms with Crippen molar-refractivity contribution in [3.05, 3.63) is 77.4 Å². The second kappa shape index (κ2) is 10.2. The average molecular weight is 455 g/mol. The van der Waals surface area contributed by atoms with E-state index in [1.807, 2.05) is 36.4 Å². The second-order valence-electron chi connectivity index (χ2n) is 7.11. The Balaban J connectivity index is 1.25. The van der Waals surface area contributed by atoms with Crippen LogP contribution >= 0.6 is 35.6 Å². The van der Waals surface area contributed by atoms with Gasteiger partial charge in [0.05, 0.1) is 11.9 Å². The molecule has 154 valence electrons. The summed E-state index contributed by atoms with van der Waals surface area (Å²) in [4.78, 5) is 8.02. The van der Waals surface area contributed by atoms with Crippen molar-refractivity contribution in [3.63, 3.8) is 0 Å². The zero-order valence-electron chi connectivity index (χ0n) is 16.5. The summed E-state index contributed by atoms with van der Waals surface area (Å²) in [6, 6.07) is 20.4. The van der Waals surface area contributed by atoms with Gasteiger partial charge in [-0.3, -0.25) is 0 Å². The number of hydrogen-bond donors (Lipinski definition) is 2. The van der Waals surface area contributed by atoms with E-state index in [-0.39, 0.29) is 0 Å². The van der Waals surface area contributed by atoms with Crippen molar-refractivity contribution in [2.75, 3.05) is 23.3 Å². The van der Waals surface area contributed by atoms with Gasteiger partial charge in [0.2, 0.25) is 0 Å². The Morgan fingerprint density at radius 1 is 1.00 bits per heavy atom. The molecule has 30 heavy (non-hydrogen) atoms. The highest BCUT2D eigenvalue weighted by Gasteiger charge is 2.11. The molecule has 4 nitrogen and oxygen atoms in total. The number of halogens is 1. The summed E-state index contributed by atoms with van der Waals surface area (Å²) in [5.41, 5.74) is 3.37. The van der Waals surface area contributed by atoms with Gasteiger partial charge in [0.25, 0.3) is 0 Å². The summed E-state index contributed by atoms with van der Waals surface area (Å²) in [5.74, 6) is 0. The van der Waals surface area contributed by atoms with Crippen molar-refractivity contribution in [3.8, 4) is 0 Å². The Kier molecular flexibility index (Phi) is 7.10.